The third-order valence-corrected chi connectivity index (χ3v) is 4.97. The van der Waals surface area contributed by atoms with Gasteiger partial charge in [0.2, 0.25) is 0 Å². The van der Waals surface area contributed by atoms with E-state index in [2.05, 4.69) is 11.0 Å². The van der Waals surface area contributed by atoms with Crippen molar-refractivity contribution in [2.75, 3.05) is 32.7 Å². The average Bonchev–Trinajstić information content (AvgIpc) is 2.94. The van der Waals surface area contributed by atoms with Crippen molar-refractivity contribution < 1.29 is 9.90 Å². The van der Waals surface area contributed by atoms with Gasteiger partial charge in [0.25, 0.3) is 5.91 Å². The van der Waals surface area contributed by atoms with E-state index < -0.39 is 0 Å². The number of nitriles is 1. The molecule has 0 aromatic carbocycles. The molecular weight excluding hydrogens is 298 g/mol. The molecule has 1 amide bonds. The molecule has 0 spiro atoms. The van der Waals surface area contributed by atoms with Gasteiger partial charge < -0.3 is 10.0 Å². The van der Waals surface area contributed by atoms with Gasteiger partial charge in [0, 0.05) is 32.7 Å². The minimum atomic E-state index is -0.378. The van der Waals surface area contributed by atoms with E-state index in [4.69, 9.17) is 5.26 Å². The first-order valence-electron chi connectivity index (χ1n) is 7.50. The van der Waals surface area contributed by atoms with Gasteiger partial charge in [0.15, 0.2) is 0 Å². The molecule has 1 aromatic heterocycles. The topological polar surface area (TPSA) is 67.6 Å². The Bertz CT molecular complexity index is 563. The summed E-state index contributed by atoms with van der Waals surface area (Å²) in [5.74, 6) is -0.0532. The Kier molecular flexibility index (Phi) is 5.22. The summed E-state index contributed by atoms with van der Waals surface area (Å²) in [5, 5.41) is 21.0. The lowest BCUT2D eigenvalue weighted by Gasteiger charge is -2.37. The van der Waals surface area contributed by atoms with Gasteiger partial charge in [0.1, 0.15) is 10.9 Å². The zero-order chi connectivity index (χ0) is 16.3. The van der Waals surface area contributed by atoms with Crippen molar-refractivity contribution in [2.45, 2.75) is 26.9 Å². The van der Waals surface area contributed by atoms with Crippen LogP contribution in [0.4, 0.5) is 0 Å². The van der Waals surface area contributed by atoms with Crippen molar-refractivity contribution in [1.82, 2.24) is 9.80 Å². The van der Waals surface area contributed by atoms with Crippen LogP contribution >= 0.6 is 11.3 Å². The summed E-state index contributed by atoms with van der Waals surface area (Å²) in [6.45, 7) is 9.50. The fraction of sp³-hybridized carbons (Fsp3) is 0.625. The molecule has 1 N–H and O–H groups in total. The highest BCUT2D eigenvalue weighted by atomic mass is 32.1. The number of piperazine rings is 1. The monoisotopic (exact) mass is 321 g/mol. The van der Waals surface area contributed by atoms with Gasteiger partial charge in [-0.2, -0.15) is 5.26 Å². The Hall–Kier alpha value is -1.42. The number of rotatable bonds is 3. The van der Waals surface area contributed by atoms with E-state index in [-0.39, 0.29) is 17.4 Å². The third kappa shape index (κ3) is 3.86. The molecule has 1 saturated heterocycles. The maximum Gasteiger partial charge on any atom is 0.265 e. The molecule has 1 aromatic rings. The van der Waals surface area contributed by atoms with Crippen LogP contribution in [0.5, 0.6) is 0 Å². The first kappa shape index (κ1) is 16.9. The van der Waals surface area contributed by atoms with Crippen molar-refractivity contribution in [3.8, 4) is 6.07 Å². The fourth-order valence-corrected chi connectivity index (χ4v) is 3.17. The van der Waals surface area contributed by atoms with E-state index in [9.17, 15) is 9.90 Å². The zero-order valence-electron chi connectivity index (χ0n) is 13.4. The van der Waals surface area contributed by atoms with Crippen LogP contribution in [0.1, 0.15) is 36.0 Å². The Balaban J connectivity index is 1.90. The molecule has 0 unspecified atom stereocenters. The van der Waals surface area contributed by atoms with E-state index in [0.717, 1.165) is 13.1 Å². The van der Waals surface area contributed by atoms with Crippen LogP contribution in [0.15, 0.2) is 11.4 Å². The van der Waals surface area contributed by atoms with E-state index in [1.807, 2.05) is 20.8 Å². The summed E-state index contributed by atoms with van der Waals surface area (Å²) in [6.07, 6.45) is -0.378. The standard InChI is InChI=1S/C16H23N3O2S/c1-16(2,3)13(20)11-18-5-7-19(8-6-18)15(21)14-12(10-17)4-9-22-14/h4,9,13,20H,5-8,11H2,1-3H3/t13-/m0/s1. The second-order valence-corrected chi connectivity index (χ2v) is 7.67. The average molecular weight is 321 g/mol. The number of hydrogen-bond donors (Lipinski definition) is 1. The van der Waals surface area contributed by atoms with E-state index in [0.29, 0.717) is 30.1 Å². The summed E-state index contributed by atoms with van der Waals surface area (Å²) < 4.78 is 0. The SMILES string of the molecule is CC(C)(C)[C@@H](O)CN1CCN(C(=O)c2sccc2C#N)CC1. The number of carbonyl (C=O) groups excluding carboxylic acids is 1. The van der Waals surface area contributed by atoms with Crippen LogP contribution in [-0.2, 0) is 0 Å². The highest BCUT2D eigenvalue weighted by molar-refractivity contribution is 7.12. The number of hydrogen-bond acceptors (Lipinski definition) is 5. The first-order valence-corrected chi connectivity index (χ1v) is 8.38. The molecule has 0 saturated carbocycles. The van der Waals surface area contributed by atoms with Gasteiger partial charge in [-0.3, -0.25) is 9.69 Å². The highest BCUT2D eigenvalue weighted by Gasteiger charge is 2.28. The second-order valence-electron chi connectivity index (χ2n) is 6.75. The molecule has 6 heteroatoms. The molecule has 120 valence electrons. The van der Waals surface area contributed by atoms with Crippen molar-refractivity contribution in [1.29, 1.82) is 5.26 Å². The lowest BCUT2D eigenvalue weighted by Crippen LogP contribution is -2.51. The molecule has 1 atom stereocenters. The summed E-state index contributed by atoms with van der Waals surface area (Å²) >= 11 is 1.32. The molecule has 2 heterocycles. The lowest BCUT2D eigenvalue weighted by molar-refractivity contribution is 0.0137. The van der Waals surface area contributed by atoms with Gasteiger partial charge in [-0.05, 0) is 16.9 Å². The summed E-state index contributed by atoms with van der Waals surface area (Å²) in [5.41, 5.74) is 0.326. The minimum absolute atomic E-state index is 0.0532. The number of amides is 1. The molecule has 5 nitrogen and oxygen atoms in total. The number of aliphatic hydroxyl groups excluding tert-OH is 1. The number of nitrogens with zero attached hydrogens (tertiary/aromatic N) is 3. The maximum absolute atomic E-state index is 12.4. The highest BCUT2D eigenvalue weighted by Crippen LogP contribution is 2.22. The first-order chi connectivity index (χ1) is 10.3. The predicted octanol–water partition coefficient (Wildman–Crippen LogP) is 1.78. The maximum atomic E-state index is 12.4. The molecule has 1 aliphatic heterocycles. The van der Waals surface area contributed by atoms with Crippen LogP contribution in [0.25, 0.3) is 0 Å². The van der Waals surface area contributed by atoms with Crippen LogP contribution in [0.2, 0.25) is 0 Å². The Morgan fingerprint density at radius 3 is 2.59 bits per heavy atom. The molecule has 0 radical (unpaired) electrons. The molecular formula is C16H23N3O2S. The summed E-state index contributed by atoms with van der Waals surface area (Å²) in [7, 11) is 0. The normalized spacial score (nSPS) is 18.0. The zero-order valence-corrected chi connectivity index (χ0v) is 14.2. The molecule has 0 bridgehead atoms. The number of thiophene rings is 1. The quantitative estimate of drug-likeness (QED) is 0.921. The molecule has 22 heavy (non-hydrogen) atoms. The van der Waals surface area contributed by atoms with E-state index in [1.54, 1.807) is 16.3 Å². The van der Waals surface area contributed by atoms with E-state index in [1.165, 1.54) is 11.3 Å². The van der Waals surface area contributed by atoms with Crippen LogP contribution < -0.4 is 0 Å². The third-order valence-electron chi connectivity index (χ3n) is 4.07. The van der Waals surface area contributed by atoms with Crippen LogP contribution in [-0.4, -0.2) is 59.6 Å². The number of β-amino-alcohol motifs (C(OH)–C–C–N with tert-alkyl or cyclic N) is 1. The number of carbonyl (C=O) groups is 1. The van der Waals surface area contributed by atoms with Gasteiger partial charge in [-0.15, -0.1) is 11.3 Å². The Morgan fingerprint density at radius 2 is 2.05 bits per heavy atom. The van der Waals surface area contributed by atoms with Crippen molar-refractivity contribution in [3.63, 3.8) is 0 Å². The summed E-state index contributed by atoms with van der Waals surface area (Å²) in [4.78, 5) is 17.0. The summed E-state index contributed by atoms with van der Waals surface area (Å²) in [6, 6.07) is 3.75. The second kappa shape index (κ2) is 6.78. The predicted molar refractivity (Wildman–Crippen MR) is 86.8 cm³/mol. The van der Waals surface area contributed by atoms with Gasteiger partial charge in [0.05, 0.1) is 11.7 Å². The van der Waals surface area contributed by atoms with Gasteiger partial charge in [-0.25, -0.2) is 0 Å². The molecule has 1 aliphatic rings. The fourth-order valence-electron chi connectivity index (χ4n) is 2.36. The van der Waals surface area contributed by atoms with Crippen molar-refractivity contribution in [3.05, 3.63) is 21.9 Å². The van der Waals surface area contributed by atoms with E-state index >= 15 is 0 Å². The Labute approximate surface area is 135 Å². The van der Waals surface area contributed by atoms with Crippen LogP contribution in [0.3, 0.4) is 0 Å². The molecule has 2 rings (SSSR count). The van der Waals surface area contributed by atoms with Gasteiger partial charge in [-0.1, -0.05) is 20.8 Å². The van der Waals surface area contributed by atoms with Gasteiger partial charge >= 0.3 is 0 Å². The minimum Gasteiger partial charge on any atom is -0.391 e. The van der Waals surface area contributed by atoms with Crippen molar-refractivity contribution >= 4 is 17.2 Å². The van der Waals surface area contributed by atoms with Crippen molar-refractivity contribution in [2.24, 2.45) is 5.41 Å². The smallest absolute Gasteiger partial charge is 0.265 e. The lowest BCUT2D eigenvalue weighted by atomic mass is 9.89. The Morgan fingerprint density at radius 1 is 1.41 bits per heavy atom. The largest absolute Gasteiger partial charge is 0.391 e. The molecule has 0 aliphatic carbocycles. The van der Waals surface area contributed by atoms with Crippen LogP contribution in [0, 0.1) is 16.7 Å². The molecule has 1 fully saturated rings. The number of aliphatic hydroxyl groups is 1.